The van der Waals surface area contributed by atoms with E-state index in [1.807, 2.05) is 294 Å². The molecule has 0 unspecified atom stereocenters. The lowest BCUT2D eigenvalue weighted by Crippen LogP contribution is -2.17. The second-order valence-electron chi connectivity index (χ2n) is 37.4. The van der Waals surface area contributed by atoms with Crippen LogP contribution in [0, 0.1) is 104 Å². The fourth-order valence-electron chi connectivity index (χ4n) is 12.3. The van der Waals surface area contributed by atoms with Gasteiger partial charge in [0, 0.05) is 145 Å². The molecule has 0 radical (unpaired) electrons. The zero-order valence-corrected chi connectivity index (χ0v) is 81.0. The van der Waals surface area contributed by atoms with Crippen molar-refractivity contribution in [3.63, 3.8) is 0 Å². The van der Waals surface area contributed by atoms with Gasteiger partial charge in [-0.3, -0.25) is 29.4 Å². The van der Waals surface area contributed by atoms with Gasteiger partial charge in [-0.15, -0.1) is 0 Å². The first-order valence-electron chi connectivity index (χ1n) is 57.7. The minimum atomic E-state index is -3.04. The van der Waals surface area contributed by atoms with Crippen LogP contribution in [0.4, 0.5) is 0 Å². The molecule has 0 aromatic heterocycles. The minimum absolute atomic E-state index is 0. The van der Waals surface area contributed by atoms with Crippen LogP contribution in [0.5, 0.6) is 0 Å². The molecule has 0 aliphatic heterocycles. The molecule has 0 amide bonds. The van der Waals surface area contributed by atoms with E-state index < -0.39 is 79.0 Å². The molecule has 0 aliphatic carbocycles. The van der Waals surface area contributed by atoms with Crippen molar-refractivity contribution in [2.24, 2.45) is 32.5 Å². The fourth-order valence-corrected chi connectivity index (χ4v) is 12.3. The van der Waals surface area contributed by atoms with E-state index in [2.05, 4.69) is 95.3 Å². The number of hydrogen-bond acceptors (Lipinski definition) is 6. The van der Waals surface area contributed by atoms with E-state index in [0.717, 1.165) is 92.0 Å². The van der Waals surface area contributed by atoms with Crippen LogP contribution in [0.1, 0.15) is 240 Å². The molecule has 0 bridgehead atoms. The summed E-state index contributed by atoms with van der Waals surface area (Å²) in [7, 11) is 4.94. The van der Waals surface area contributed by atoms with E-state index in [9.17, 15) is 0 Å². The number of nitrogens with zero attached hydrogens (tertiary/aromatic N) is 6. The largest absolute Gasteiger partial charge is 0.298 e. The summed E-state index contributed by atoms with van der Waals surface area (Å²) in [5.74, 6) is 34.7. The molecular weight excluding hydrogens is 1670 g/mol. The van der Waals surface area contributed by atoms with Crippen molar-refractivity contribution in [3.8, 4) is 71.0 Å². The summed E-state index contributed by atoms with van der Waals surface area (Å²) in [6, 6.07) is 79.1. The Bertz CT molecular complexity index is 7530. The molecule has 0 heterocycles. The first-order chi connectivity index (χ1) is 73.1. The minimum Gasteiger partial charge on any atom is -0.298 e. The lowest BCUT2D eigenvalue weighted by molar-refractivity contribution is 0.365. The highest BCUT2D eigenvalue weighted by Gasteiger charge is 2.13. The van der Waals surface area contributed by atoms with E-state index in [1.165, 1.54) is 66.4 Å². The maximum absolute atomic E-state index is 8.62. The standard InChI is InChI=1S/6C21H25N.6CH4/c6*1-21(2,3)15-8-5-9-16-22(4)17-19-13-10-12-18-11-6-7-14-20(18)19;;;;;;/h6*5-7,9-14H,16-17H2,1-4H3;6*1H4/b6*9-5+;;;;;;/i4D3,16D2,17D2;4D3,9D,16D2;16D2,17D2;9D,16D2;4D3,16D2;16D2;;;;;;. The van der Waals surface area contributed by atoms with Gasteiger partial charge in [0.1, 0.15) is 0 Å². The number of rotatable bonds is 24. The summed E-state index contributed by atoms with van der Waals surface area (Å²) in [5, 5.41) is 11.3. The van der Waals surface area contributed by atoms with Crippen molar-refractivity contribution >= 4 is 64.6 Å². The van der Waals surface area contributed by atoms with Crippen molar-refractivity contribution in [3.05, 3.63) is 361 Å². The Morgan fingerprint density at radius 3 is 0.667 bits per heavy atom. The number of likely N-dealkylation sites (N-methyl/N-ethyl adjacent to an activating group) is 6. The molecule has 0 spiro atoms. The smallest absolute Gasteiger partial charge is 0.0596 e. The molecule has 0 N–H and O–H groups in total. The molecule has 0 aliphatic rings. The molecule has 12 rings (SSSR count). The molecule has 0 saturated heterocycles. The van der Waals surface area contributed by atoms with Gasteiger partial charge in [-0.25, -0.2) is 0 Å². The van der Waals surface area contributed by atoms with Crippen molar-refractivity contribution in [2.45, 2.75) is 208 Å². The maximum Gasteiger partial charge on any atom is 0.0596 e. The molecule has 6 nitrogen and oxygen atoms in total. The summed E-state index contributed by atoms with van der Waals surface area (Å²) in [6.45, 7) is 10.3. The normalized spacial score (nSPS) is 15.5. The van der Waals surface area contributed by atoms with Gasteiger partial charge in [0.15, 0.2) is 0 Å². The Labute approximate surface area is 880 Å². The average Bonchev–Trinajstić information content (AvgIpc) is 0.760. The molecule has 0 fully saturated rings. The van der Waals surface area contributed by atoms with Crippen LogP contribution in [0.15, 0.2) is 328 Å². The summed E-state index contributed by atoms with van der Waals surface area (Å²) >= 11 is 0. The van der Waals surface area contributed by atoms with Crippen molar-refractivity contribution in [1.29, 1.82) is 0 Å². The van der Waals surface area contributed by atoms with Crippen LogP contribution in [-0.4, -0.2) is 110 Å². The highest BCUT2D eigenvalue weighted by molar-refractivity contribution is 5.89. The van der Waals surface area contributed by atoms with Gasteiger partial charge < -0.3 is 0 Å². The first kappa shape index (κ1) is 83.9. The molecule has 0 saturated carbocycles. The van der Waals surface area contributed by atoms with Crippen molar-refractivity contribution in [1.82, 2.24) is 29.4 Å². The maximum atomic E-state index is 8.62. The molecule has 732 valence electrons. The number of benzene rings is 12. The van der Waals surface area contributed by atoms with Gasteiger partial charge in [0.2, 0.25) is 0 Å². The van der Waals surface area contributed by atoms with Crippen molar-refractivity contribution < 1.29 is 37.0 Å². The molecule has 12 aromatic rings. The lowest BCUT2D eigenvalue weighted by atomic mass is 9.98. The number of fused-ring (bicyclic) bond motifs is 6. The monoisotopic (exact) mass is 1870 g/mol. The van der Waals surface area contributed by atoms with E-state index >= 15 is 0 Å². The lowest BCUT2D eigenvalue weighted by Gasteiger charge is -2.15. The highest BCUT2D eigenvalue weighted by Crippen LogP contribution is 2.27. The predicted octanol–water partition coefficient (Wildman–Crippen LogP) is 33.1. The fraction of sp³-hybridized carbons (Fsp3) is 0.364. The molecule has 0 atom stereocenters. The van der Waals surface area contributed by atoms with Crippen LogP contribution < -0.4 is 0 Å². The predicted molar refractivity (Wildman–Crippen MR) is 620 cm³/mol. The van der Waals surface area contributed by atoms with Gasteiger partial charge >= 0.3 is 0 Å². The van der Waals surface area contributed by atoms with Gasteiger partial charge in [-0.2, -0.15) is 0 Å². The van der Waals surface area contributed by atoms with Crippen LogP contribution in [0.3, 0.4) is 0 Å². The van der Waals surface area contributed by atoms with Gasteiger partial charge in [-0.05, 0) is 301 Å². The van der Waals surface area contributed by atoms with E-state index in [4.69, 9.17) is 37.0 Å². The Hall–Kier alpha value is -12.2. The first-order valence-corrected chi connectivity index (χ1v) is 44.2. The third kappa shape index (κ3) is 50.7. The van der Waals surface area contributed by atoms with Crippen LogP contribution in [0.2, 0.25) is 0 Å². The topological polar surface area (TPSA) is 19.4 Å². The Morgan fingerprint density at radius 2 is 0.406 bits per heavy atom. The molecule has 6 heteroatoms. The van der Waals surface area contributed by atoms with Crippen LogP contribution in [-0.2, 0) is 39.2 Å². The molecule has 12 aromatic carbocycles. The van der Waals surface area contributed by atoms with Gasteiger partial charge in [-0.1, -0.05) is 407 Å². The third-order valence-corrected chi connectivity index (χ3v) is 18.2. The quantitative estimate of drug-likeness (QED) is 0.0558. The number of hydrogen-bond donors (Lipinski definition) is 0. The average molecular weight is 1870 g/mol. The molecular formula is C132H174N6. The number of allylic oxidation sites excluding steroid dienone is 6. The van der Waals surface area contributed by atoms with E-state index in [0.29, 0.717) is 29.6 Å². The van der Waals surface area contributed by atoms with Crippen LogP contribution in [0.25, 0.3) is 64.6 Å². The Balaban J connectivity index is 0.000000984. The van der Waals surface area contributed by atoms with Crippen molar-refractivity contribution in [2.75, 3.05) is 81.1 Å². The second kappa shape index (κ2) is 63.3. The summed E-state index contributed by atoms with van der Waals surface area (Å²) in [5.41, 5.74) is 2.93. The van der Waals surface area contributed by atoms with Gasteiger partial charge in [0.25, 0.3) is 0 Å². The highest BCUT2D eigenvalue weighted by atomic mass is 15.1. The third-order valence-electron chi connectivity index (χ3n) is 18.2. The zero-order valence-electron chi connectivity index (χ0n) is 108. The zero-order chi connectivity index (χ0) is 120. The summed E-state index contributed by atoms with van der Waals surface area (Å²) in [4.78, 5) is 6.24. The second-order valence-corrected chi connectivity index (χ2v) is 37.4. The van der Waals surface area contributed by atoms with Crippen LogP contribution >= 0.6 is 0 Å². The summed E-state index contributed by atoms with van der Waals surface area (Å²) in [6.07, 6.45) is 13.2. The molecule has 138 heavy (non-hydrogen) atoms. The van der Waals surface area contributed by atoms with Gasteiger partial charge in [0.05, 0.1) is 2.74 Å². The van der Waals surface area contributed by atoms with E-state index in [-0.39, 0.29) is 107 Å². The van der Waals surface area contributed by atoms with E-state index in [1.54, 1.807) is 84.6 Å². The SMILES string of the molecule is C.C.C.C.C.C.[2H]/C(=C\C#CC(C)(C)C)C([2H])([2H])N(C)Cc1cccc2ccccc12.[2H]/C(=C\C#CC(C)(C)C)C([2H])([2H])N(Cc1cccc2ccccc12)C([2H])([2H])[2H].[2H]C([2H])(/C=C/C#CC(C)(C)C)N(C)C([2H])([2H])c1cccc2ccccc12.[2H]C([2H])(/C=C/C#CC(C)(C)C)N(C)Cc1cccc2ccccc12.[2H]C([2H])([2H])N(C([2H])([2H])/C=C/C#CC(C)(C)C)C([2H])([2H])c1cccc2ccccc12.[2H]C([2H])([2H])N(Cc1cccc2ccccc12)C([2H])([2H])/C=C/C#CC(C)(C)C. The summed E-state index contributed by atoms with van der Waals surface area (Å²) < 4.78 is 221. The Kier molecular flexibility index (Phi) is 38.5. The Morgan fingerprint density at radius 1 is 0.225 bits per heavy atom.